The molecule has 1 aromatic carbocycles. The number of anilines is 1. The Kier molecular flexibility index (Phi) is 4.10. The number of pyridine rings is 1. The minimum Gasteiger partial charge on any atom is -0.312 e. The van der Waals surface area contributed by atoms with Gasteiger partial charge in [0.2, 0.25) is 5.91 Å². The summed E-state index contributed by atoms with van der Waals surface area (Å²) in [5, 5.41) is 0. The number of hydrogen-bond donors (Lipinski definition) is 0. The summed E-state index contributed by atoms with van der Waals surface area (Å²) in [5.74, 6) is 0.0821. The highest BCUT2D eigenvalue weighted by Crippen LogP contribution is 2.21. The van der Waals surface area contributed by atoms with Crippen molar-refractivity contribution in [2.24, 2.45) is 0 Å². The van der Waals surface area contributed by atoms with Crippen LogP contribution in [0.1, 0.15) is 28.8 Å². The molecule has 0 radical (unpaired) electrons. The molecule has 0 bridgehead atoms. The SMILES string of the molecule is O=C(/C=C/c1cccnc1)c1ccc(N2CCCC2=O)cc1. The van der Waals surface area contributed by atoms with Crippen LogP contribution in [0.4, 0.5) is 5.69 Å². The highest BCUT2D eigenvalue weighted by atomic mass is 16.2. The lowest BCUT2D eigenvalue weighted by Gasteiger charge is -2.15. The molecule has 0 N–H and O–H groups in total. The molecule has 3 rings (SSSR count). The Labute approximate surface area is 129 Å². The van der Waals surface area contributed by atoms with Crippen molar-refractivity contribution in [3.8, 4) is 0 Å². The maximum absolute atomic E-state index is 12.1. The van der Waals surface area contributed by atoms with Crippen molar-refractivity contribution in [1.82, 2.24) is 4.98 Å². The van der Waals surface area contributed by atoms with E-state index < -0.39 is 0 Å². The Morgan fingerprint density at radius 1 is 1.18 bits per heavy atom. The van der Waals surface area contributed by atoms with Gasteiger partial charge in [-0.25, -0.2) is 0 Å². The molecular weight excluding hydrogens is 276 g/mol. The molecule has 0 atom stereocenters. The van der Waals surface area contributed by atoms with E-state index in [9.17, 15) is 9.59 Å². The van der Waals surface area contributed by atoms with Crippen LogP contribution in [-0.2, 0) is 4.79 Å². The van der Waals surface area contributed by atoms with Crippen molar-refractivity contribution < 1.29 is 9.59 Å². The standard InChI is InChI=1S/C18H16N2O2/c21-17(10-5-14-3-1-11-19-13-14)15-6-8-16(9-7-15)20-12-2-4-18(20)22/h1,3,5-11,13H,2,4,12H2/b10-5+. The van der Waals surface area contributed by atoms with E-state index in [-0.39, 0.29) is 11.7 Å². The van der Waals surface area contributed by atoms with Crippen LogP contribution < -0.4 is 4.90 Å². The summed E-state index contributed by atoms with van der Waals surface area (Å²) >= 11 is 0. The second-order valence-electron chi connectivity index (χ2n) is 5.18. The lowest BCUT2D eigenvalue weighted by atomic mass is 10.1. The summed E-state index contributed by atoms with van der Waals surface area (Å²) in [6.07, 6.45) is 8.17. The molecule has 4 heteroatoms. The van der Waals surface area contributed by atoms with E-state index in [0.717, 1.165) is 24.2 Å². The van der Waals surface area contributed by atoms with Gasteiger partial charge in [0, 0.05) is 36.6 Å². The van der Waals surface area contributed by atoms with E-state index in [1.165, 1.54) is 6.08 Å². The molecule has 4 nitrogen and oxygen atoms in total. The van der Waals surface area contributed by atoms with Crippen molar-refractivity contribution in [2.45, 2.75) is 12.8 Å². The fourth-order valence-electron chi connectivity index (χ4n) is 2.47. The van der Waals surface area contributed by atoms with Crippen LogP contribution >= 0.6 is 0 Å². The molecule has 1 aliphatic rings. The van der Waals surface area contributed by atoms with E-state index in [1.807, 2.05) is 24.3 Å². The minimum atomic E-state index is -0.0665. The third-order valence-corrected chi connectivity index (χ3v) is 3.65. The molecule has 0 aliphatic carbocycles. The maximum Gasteiger partial charge on any atom is 0.227 e. The largest absolute Gasteiger partial charge is 0.312 e. The summed E-state index contributed by atoms with van der Waals surface area (Å²) in [4.78, 5) is 29.6. The molecule has 1 fully saturated rings. The molecule has 1 amide bonds. The number of rotatable bonds is 4. The lowest BCUT2D eigenvalue weighted by molar-refractivity contribution is -0.117. The zero-order valence-electron chi connectivity index (χ0n) is 12.1. The van der Waals surface area contributed by atoms with Gasteiger partial charge in [-0.05, 0) is 54.5 Å². The third kappa shape index (κ3) is 3.11. The Hall–Kier alpha value is -2.75. The van der Waals surface area contributed by atoms with E-state index in [1.54, 1.807) is 35.5 Å². The van der Waals surface area contributed by atoms with Crippen LogP contribution in [0.3, 0.4) is 0 Å². The van der Waals surface area contributed by atoms with Gasteiger partial charge in [-0.2, -0.15) is 0 Å². The van der Waals surface area contributed by atoms with Gasteiger partial charge in [-0.1, -0.05) is 6.07 Å². The fraction of sp³-hybridized carbons (Fsp3) is 0.167. The second kappa shape index (κ2) is 6.35. The van der Waals surface area contributed by atoms with E-state index in [2.05, 4.69) is 4.98 Å². The Bertz CT molecular complexity index is 706. The molecule has 110 valence electrons. The maximum atomic E-state index is 12.1. The molecule has 0 spiro atoms. The quantitative estimate of drug-likeness (QED) is 0.642. The van der Waals surface area contributed by atoms with Gasteiger partial charge in [-0.15, -0.1) is 0 Å². The lowest BCUT2D eigenvalue weighted by Crippen LogP contribution is -2.23. The van der Waals surface area contributed by atoms with Crippen molar-refractivity contribution in [2.75, 3.05) is 11.4 Å². The molecule has 1 aromatic heterocycles. The summed E-state index contributed by atoms with van der Waals surface area (Å²) in [6.45, 7) is 0.757. The van der Waals surface area contributed by atoms with Crippen LogP contribution in [-0.4, -0.2) is 23.2 Å². The van der Waals surface area contributed by atoms with Crippen molar-refractivity contribution in [1.29, 1.82) is 0 Å². The topological polar surface area (TPSA) is 50.3 Å². The Morgan fingerprint density at radius 2 is 2.00 bits per heavy atom. The number of hydrogen-bond acceptors (Lipinski definition) is 3. The first-order valence-electron chi connectivity index (χ1n) is 7.27. The zero-order valence-corrected chi connectivity index (χ0v) is 12.1. The average Bonchev–Trinajstić information content (AvgIpc) is 3.00. The Balaban J connectivity index is 1.71. The summed E-state index contributed by atoms with van der Waals surface area (Å²) in [7, 11) is 0. The van der Waals surface area contributed by atoms with E-state index >= 15 is 0 Å². The van der Waals surface area contributed by atoms with Crippen LogP contribution in [0.5, 0.6) is 0 Å². The molecular formula is C18H16N2O2. The van der Waals surface area contributed by atoms with Crippen molar-refractivity contribution in [3.05, 3.63) is 66.0 Å². The number of aromatic nitrogens is 1. The van der Waals surface area contributed by atoms with E-state index in [4.69, 9.17) is 0 Å². The van der Waals surface area contributed by atoms with Crippen LogP contribution in [0.2, 0.25) is 0 Å². The number of carbonyl (C=O) groups is 2. The molecule has 2 aromatic rings. The Morgan fingerprint density at radius 3 is 2.64 bits per heavy atom. The molecule has 0 saturated carbocycles. The summed E-state index contributed by atoms with van der Waals surface area (Å²) in [6, 6.07) is 10.9. The molecule has 0 unspecified atom stereocenters. The molecule has 22 heavy (non-hydrogen) atoms. The first-order chi connectivity index (χ1) is 10.7. The molecule has 1 aliphatic heterocycles. The number of carbonyl (C=O) groups excluding carboxylic acids is 2. The number of ketones is 1. The zero-order chi connectivity index (χ0) is 15.4. The third-order valence-electron chi connectivity index (χ3n) is 3.65. The van der Waals surface area contributed by atoms with Gasteiger partial charge in [0.1, 0.15) is 0 Å². The highest BCUT2D eigenvalue weighted by molar-refractivity contribution is 6.07. The van der Waals surface area contributed by atoms with Crippen molar-refractivity contribution >= 4 is 23.5 Å². The normalized spacial score (nSPS) is 14.7. The van der Waals surface area contributed by atoms with Gasteiger partial charge in [0.05, 0.1) is 0 Å². The van der Waals surface area contributed by atoms with Gasteiger partial charge in [0.25, 0.3) is 0 Å². The number of amides is 1. The van der Waals surface area contributed by atoms with E-state index in [0.29, 0.717) is 12.0 Å². The average molecular weight is 292 g/mol. The van der Waals surface area contributed by atoms with Crippen LogP contribution in [0.15, 0.2) is 54.9 Å². The monoisotopic (exact) mass is 292 g/mol. The fourth-order valence-corrected chi connectivity index (χ4v) is 2.47. The predicted molar refractivity (Wildman–Crippen MR) is 85.6 cm³/mol. The van der Waals surface area contributed by atoms with Crippen LogP contribution in [0.25, 0.3) is 6.08 Å². The van der Waals surface area contributed by atoms with Gasteiger partial charge >= 0.3 is 0 Å². The smallest absolute Gasteiger partial charge is 0.227 e. The first kappa shape index (κ1) is 14.2. The van der Waals surface area contributed by atoms with Crippen LogP contribution in [0, 0.1) is 0 Å². The van der Waals surface area contributed by atoms with Gasteiger partial charge in [-0.3, -0.25) is 14.6 Å². The predicted octanol–water partition coefficient (Wildman–Crippen LogP) is 3.10. The van der Waals surface area contributed by atoms with Crippen molar-refractivity contribution in [3.63, 3.8) is 0 Å². The van der Waals surface area contributed by atoms with Gasteiger partial charge in [0.15, 0.2) is 5.78 Å². The molecule has 2 heterocycles. The van der Waals surface area contributed by atoms with Gasteiger partial charge < -0.3 is 4.90 Å². The number of nitrogens with zero attached hydrogens (tertiary/aromatic N) is 2. The highest BCUT2D eigenvalue weighted by Gasteiger charge is 2.21. The second-order valence-corrected chi connectivity index (χ2v) is 5.18. The first-order valence-corrected chi connectivity index (χ1v) is 7.27. The summed E-state index contributed by atoms with van der Waals surface area (Å²) in [5.41, 5.74) is 2.35. The minimum absolute atomic E-state index is 0.0665. The number of benzene rings is 1. The number of allylic oxidation sites excluding steroid dienone is 1. The summed E-state index contributed by atoms with van der Waals surface area (Å²) < 4.78 is 0. The molecule has 1 saturated heterocycles.